The second kappa shape index (κ2) is 7.80. The Balaban J connectivity index is 2.02. The lowest BCUT2D eigenvalue weighted by Crippen LogP contribution is -2.31. The molecule has 1 N–H and O–H groups in total. The van der Waals surface area contributed by atoms with Gasteiger partial charge in [-0.1, -0.05) is 0 Å². The van der Waals surface area contributed by atoms with E-state index in [0.29, 0.717) is 24.3 Å². The van der Waals surface area contributed by atoms with Crippen LogP contribution in [0.1, 0.15) is 43.0 Å². The molecule has 0 bridgehead atoms. The molecule has 2 unspecified atom stereocenters. The molecule has 1 aliphatic rings. The summed E-state index contributed by atoms with van der Waals surface area (Å²) in [6.07, 6.45) is 4.81. The molecule has 0 aromatic heterocycles. The highest BCUT2D eigenvalue weighted by atomic mass is 79.9. The van der Waals surface area contributed by atoms with Gasteiger partial charge in [0.2, 0.25) is 0 Å². The van der Waals surface area contributed by atoms with E-state index in [1.54, 1.807) is 26.2 Å². The number of carbonyl (C=O) groups excluding carboxylic acids is 1. The van der Waals surface area contributed by atoms with E-state index < -0.39 is 0 Å². The van der Waals surface area contributed by atoms with Gasteiger partial charge in [-0.15, -0.1) is 0 Å². The molecule has 1 fully saturated rings. The van der Waals surface area contributed by atoms with Crippen LogP contribution in [0.4, 0.5) is 5.69 Å². The number of hydrogen-bond acceptors (Lipinski definition) is 4. The van der Waals surface area contributed by atoms with Gasteiger partial charge in [0.1, 0.15) is 0 Å². The van der Waals surface area contributed by atoms with Gasteiger partial charge in [-0.2, -0.15) is 0 Å². The average molecular weight is 356 g/mol. The van der Waals surface area contributed by atoms with E-state index in [-0.39, 0.29) is 5.97 Å². The van der Waals surface area contributed by atoms with E-state index >= 15 is 0 Å². The fraction of sp³-hybridized carbons (Fsp3) is 0.562. The van der Waals surface area contributed by atoms with Crippen LogP contribution in [-0.4, -0.2) is 31.8 Å². The van der Waals surface area contributed by atoms with E-state index in [1.165, 1.54) is 6.42 Å². The van der Waals surface area contributed by atoms with Crippen LogP contribution in [0.15, 0.2) is 22.7 Å². The summed E-state index contributed by atoms with van der Waals surface area (Å²) < 4.78 is 11.3. The fourth-order valence-corrected chi connectivity index (χ4v) is 3.18. The number of methoxy groups -OCH3 is 1. The quantitative estimate of drug-likeness (QED) is 0.811. The molecule has 0 radical (unpaired) electrons. The molecule has 5 heteroatoms. The Morgan fingerprint density at radius 2 is 2.24 bits per heavy atom. The third kappa shape index (κ3) is 4.45. The Labute approximate surface area is 134 Å². The van der Waals surface area contributed by atoms with Crippen molar-refractivity contribution in [2.75, 3.05) is 19.0 Å². The minimum absolute atomic E-state index is 0.290. The molecule has 0 saturated heterocycles. The van der Waals surface area contributed by atoms with Gasteiger partial charge >= 0.3 is 5.97 Å². The first kappa shape index (κ1) is 16.3. The van der Waals surface area contributed by atoms with Gasteiger partial charge in [-0.3, -0.25) is 0 Å². The summed E-state index contributed by atoms with van der Waals surface area (Å²) in [5.41, 5.74) is 1.57. The smallest absolute Gasteiger partial charge is 0.338 e. The summed E-state index contributed by atoms with van der Waals surface area (Å²) in [5.74, 6) is -0.290. The second-order valence-corrected chi connectivity index (χ2v) is 6.14. The molecule has 1 saturated carbocycles. The van der Waals surface area contributed by atoms with Gasteiger partial charge in [0.25, 0.3) is 0 Å². The molecule has 0 spiro atoms. The SMILES string of the molecule is CCOC(=O)c1ccc(NC2CCCC(OC)C2)c(Br)c1. The highest BCUT2D eigenvalue weighted by Crippen LogP contribution is 2.29. The van der Waals surface area contributed by atoms with Gasteiger partial charge in [-0.05, 0) is 66.7 Å². The molecular weight excluding hydrogens is 334 g/mol. The Hall–Kier alpha value is -1.07. The largest absolute Gasteiger partial charge is 0.462 e. The number of halogens is 1. The van der Waals surface area contributed by atoms with E-state index in [9.17, 15) is 4.79 Å². The van der Waals surface area contributed by atoms with E-state index in [1.807, 2.05) is 6.07 Å². The van der Waals surface area contributed by atoms with Crippen LogP contribution < -0.4 is 5.32 Å². The van der Waals surface area contributed by atoms with Crippen molar-refractivity contribution in [2.24, 2.45) is 0 Å². The standard InChI is InChI=1S/C16H22BrNO3/c1-3-21-16(19)11-7-8-15(14(17)9-11)18-12-5-4-6-13(10-12)20-2/h7-9,12-13,18H,3-6,10H2,1-2H3. The molecule has 116 valence electrons. The third-order valence-corrected chi connectivity index (χ3v) is 4.46. The topological polar surface area (TPSA) is 47.6 Å². The molecule has 2 atom stereocenters. The normalized spacial score (nSPS) is 21.9. The Morgan fingerprint density at radius 1 is 1.43 bits per heavy atom. The fourth-order valence-electron chi connectivity index (χ4n) is 2.68. The number of benzene rings is 1. The summed E-state index contributed by atoms with van der Waals surface area (Å²) in [5, 5.41) is 3.53. The zero-order valence-corrected chi connectivity index (χ0v) is 14.1. The van der Waals surface area contributed by atoms with Crippen LogP contribution in [0.3, 0.4) is 0 Å². The van der Waals surface area contributed by atoms with Crippen LogP contribution in [0.25, 0.3) is 0 Å². The van der Waals surface area contributed by atoms with Gasteiger partial charge in [0.15, 0.2) is 0 Å². The molecule has 4 nitrogen and oxygen atoms in total. The number of ether oxygens (including phenoxy) is 2. The average Bonchev–Trinajstić information content (AvgIpc) is 2.49. The molecule has 1 aliphatic carbocycles. The van der Waals surface area contributed by atoms with Gasteiger partial charge in [-0.25, -0.2) is 4.79 Å². The zero-order valence-electron chi connectivity index (χ0n) is 12.5. The Bertz CT molecular complexity index is 492. The number of carbonyl (C=O) groups is 1. The van der Waals surface area contributed by atoms with E-state index in [2.05, 4.69) is 21.2 Å². The molecule has 1 aromatic carbocycles. The van der Waals surface area contributed by atoms with Gasteiger partial charge in [0.05, 0.1) is 18.3 Å². The minimum atomic E-state index is -0.290. The van der Waals surface area contributed by atoms with Crippen molar-refractivity contribution in [3.63, 3.8) is 0 Å². The Morgan fingerprint density at radius 3 is 2.90 bits per heavy atom. The molecule has 0 aliphatic heterocycles. The maximum absolute atomic E-state index is 11.7. The molecular formula is C16H22BrNO3. The van der Waals surface area contributed by atoms with Crippen LogP contribution in [0, 0.1) is 0 Å². The molecule has 0 heterocycles. The van der Waals surface area contributed by atoms with Crippen LogP contribution in [0.2, 0.25) is 0 Å². The van der Waals surface area contributed by atoms with E-state index in [4.69, 9.17) is 9.47 Å². The predicted molar refractivity (Wildman–Crippen MR) is 86.8 cm³/mol. The van der Waals surface area contributed by atoms with Crippen molar-refractivity contribution < 1.29 is 14.3 Å². The minimum Gasteiger partial charge on any atom is -0.462 e. The summed E-state index contributed by atoms with van der Waals surface area (Å²) in [7, 11) is 1.77. The monoisotopic (exact) mass is 355 g/mol. The summed E-state index contributed by atoms with van der Waals surface area (Å²) in [4.78, 5) is 11.7. The predicted octanol–water partition coefficient (Wildman–Crippen LogP) is 4.00. The van der Waals surface area contributed by atoms with Crippen molar-refractivity contribution in [3.8, 4) is 0 Å². The van der Waals surface area contributed by atoms with Gasteiger partial charge in [0, 0.05) is 23.3 Å². The summed E-state index contributed by atoms with van der Waals surface area (Å²) in [6, 6.07) is 5.93. The Kier molecular flexibility index (Phi) is 6.06. The zero-order chi connectivity index (χ0) is 15.2. The molecule has 2 rings (SSSR count). The van der Waals surface area contributed by atoms with Crippen molar-refractivity contribution in [2.45, 2.75) is 44.8 Å². The van der Waals surface area contributed by atoms with Crippen molar-refractivity contribution >= 4 is 27.6 Å². The number of rotatable bonds is 5. The lowest BCUT2D eigenvalue weighted by Gasteiger charge is -2.29. The number of anilines is 1. The van der Waals surface area contributed by atoms with Gasteiger partial charge < -0.3 is 14.8 Å². The number of esters is 1. The van der Waals surface area contributed by atoms with Crippen LogP contribution >= 0.6 is 15.9 Å². The first-order valence-corrected chi connectivity index (χ1v) is 8.19. The first-order valence-electron chi connectivity index (χ1n) is 7.40. The highest BCUT2D eigenvalue weighted by Gasteiger charge is 2.22. The lowest BCUT2D eigenvalue weighted by atomic mass is 9.92. The summed E-state index contributed by atoms with van der Waals surface area (Å²) in [6.45, 7) is 2.19. The van der Waals surface area contributed by atoms with Crippen molar-refractivity contribution in [1.82, 2.24) is 0 Å². The lowest BCUT2D eigenvalue weighted by molar-refractivity contribution is 0.0526. The van der Waals surface area contributed by atoms with E-state index in [0.717, 1.165) is 29.4 Å². The van der Waals surface area contributed by atoms with Crippen molar-refractivity contribution in [1.29, 1.82) is 0 Å². The van der Waals surface area contributed by atoms with Crippen LogP contribution in [-0.2, 0) is 9.47 Å². The maximum Gasteiger partial charge on any atom is 0.338 e. The third-order valence-electron chi connectivity index (χ3n) is 3.80. The maximum atomic E-state index is 11.7. The highest BCUT2D eigenvalue weighted by molar-refractivity contribution is 9.10. The number of nitrogens with one attached hydrogen (secondary N) is 1. The molecule has 1 aromatic rings. The van der Waals surface area contributed by atoms with Crippen molar-refractivity contribution in [3.05, 3.63) is 28.2 Å². The second-order valence-electron chi connectivity index (χ2n) is 5.28. The molecule has 21 heavy (non-hydrogen) atoms. The van der Waals surface area contributed by atoms with Crippen LogP contribution in [0.5, 0.6) is 0 Å². The number of hydrogen-bond donors (Lipinski definition) is 1. The summed E-state index contributed by atoms with van der Waals surface area (Å²) >= 11 is 3.52. The first-order chi connectivity index (χ1) is 10.1. The molecule has 0 amide bonds.